The first-order chi connectivity index (χ1) is 18.4. The maximum atomic E-state index is 13.7. The lowest BCUT2D eigenvalue weighted by Crippen LogP contribution is -2.40. The second-order valence-electron chi connectivity index (χ2n) is 8.23. The molecule has 0 radical (unpaired) electrons. The first kappa shape index (κ1) is 34.1. The van der Waals surface area contributed by atoms with Crippen LogP contribution in [0.1, 0.15) is 33.8 Å². The molecule has 0 saturated heterocycles. The summed E-state index contributed by atoms with van der Waals surface area (Å²) < 4.78 is 21.0. The zero-order chi connectivity index (χ0) is 28.3. The molecule has 14 heteroatoms. The van der Waals surface area contributed by atoms with Gasteiger partial charge >= 0.3 is 0 Å². The third kappa shape index (κ3) is 11.0. The quantitative estimate of drug-likeness (QED) is 0.198. The van der Waals surface area contributed by atoms with E-state index in [9.17, 15) is 19.8 Å². The molecule has 0 aliphatic heterocycles. The van der Waals surface area contributed by atoms with E-state index in [1.807, 2.05) is 0 Å². The third-order valence-electron chi connectivity index (χ3n) is 5.55. The first-order valence-corrected chi connectivity index (χ1v) is 13.3. The molecule has 0 saturated carbocycles. The number of halogens is 1. The van der Waals surface area contributed by atoms with Gasteiger partial charge in [0.1, 0.15) is 4.60 Å². The normalized spacial score (nSPS) is 11.0. The number of amides is 2. The number of aromatic nitrogens is 2. The summed E-state index contributed by atoms with van der Waals surface area (Å²) in [5, 5.41) is 18.6. The van der Waals surface area contributed by atoms with Gasteiger partial charge < -0.3 is 43.9 Å². The summed E-state index contributed by atoms with van der Waals surface area (Å²) in [6.07, 6.45) is 0.737. The molecular weight excluding hydrogens is 566 g/mol. The van der Waals surface area contributed by atoms with E-state index in [1.165, 1.54) is 4.90 Å². The van der Waals surface area contributed by atoms with Crippen molar-refractivity contribution in [2.45, 2.75) is 12.8 Å². The smallest absolute Gasteiger partial charge is 0.276 e. The number of carbonyl (C=O) groups is 2. The van der Waals surface area contributed by atoms with Crippen molar-refractivity contribution in [3.63, 3.8) is 0 Å². The number of anilines is 1. The molecule has 0 bridgehead atoms. The zero-order valence-electron chi connectivity index (χ0n) is 22.9. The average Bonchev–Trinajstić information content (AvgIpc) is 2.92. The molecule has 0 unspecified atom stereocenters. The number of rotatable bonds is 21. The minimum Gasteiger partial charge on any atom is -0.396 e. The molecule has 218 valence electrons. The highest BCUT2D eigenvalue weighted by molar-refractivity contribution is 9.10. The Morgan fingerprint density at radius 2 is 1.11 bits per heavy atom. The first-order valence-electron chi connectivity index (χ1n) is 12.5. The molecule has 1 rings (SSSR count). The molecular formula is C24H42BrN5O8. The number of hydrogen-bond acceptors (Lipinski definition) is 11. The van der Waals surface area contributed by atoms with Gasteiger partial charge in [-0.15, -0.1) is 0 Å². The van der Waals surface area contributed by atoms with Crippen LogP contribution in [0.2, 0.25) is 0 Å². The highest BCUT2D eigenvalue weighted by atomic mass is 79.9. The molecule has 0 aromatic carbocycles. The van der Waals surface area contributed by atoms with E-state index in [0.29, 0.717) is 65.4 Å². The Labute approximate surface area is 233 Å². The van der Waals surface area contributed by atoms with E-state index in [0.717, 1.165) is 0 Å². The molecule has 1 heterocycles. The van der Waals surface area contributed by atoms with Crippen LogP contribution in [0.3, 0.4) is 0 Å². The minimum absolute atomic E-state index is 0.0209. The van der Waals surface area contributed by atoms with Crippen molar-refractivity contribution in [2.75, 3.05) is 112 Å². The maximum Gasteiger partial charge on any atom is 0.276 e. The number of aliphatic hydroxyl groups excluding tert-OH is 2. The third-order valence-corrected chi connectivity index (χ3v) is 6.10. The van der Waals surface area contributed by atoms with Crippen molar-refractivity contribution >= 4 is 33.6 Å². The van der Waals surface area contributed by atoms with Crippen molar-refractivity contribution in [3.05, 3.63) is 16.0 Å². The summed E-state index contributed by atoms with van der Waals surface area (Å²) in [5.41, 5.74) is 0.0812. The summed E-state index contributed by atoms with van der Waals surface area (Å²) in [5.74, 6) is -0.598. The minimum atomic E-state index is -0.430. The van der Waals surface area contributed by atoms with Gasteiger partial charge in [-0.25, -0.2) is 9.97 Å². The molecule has 13 nitrogen and oxygen atoms in total. The maximum absolute atomic E-state index is 13.7. The predicted octanol–water partition coefficient (Wildman–Crippen LogP) is 0.280. The van der Waals surface area contributed by atoms with Gasteiger partial charge in [0.05, 0.1) is 26.4 Å². The molecule has 2 N–H and O–H groups in total. The van der Waals surface area contributed by atoms with Crippen LogP contribution >= 0.6 is 15.9 Å². The average molecular weight is 609 g/mol. The van der Waals surface area contributed by atoms with E-state index in [-0.39, 0.29) is 48.1 Å². The second-order valence-corrected chi connectivity index (χ2v) is 8.98. The summed E-state index contributed by atoms with van der Waals surface area (Å²) in [6.45, 7) is 3.06. The van der Waals surface area contributed by atoms with Crippen LogP contribution in [0, 0.1) is 0 Å². The Morgan fingerprint density at radius 3 is 1.55 bits per heavy atom. The monoisotopic (exact) mass is 607 g/mol. The fraction of sp³-hybridized carbons (Fsp3) is 0.750. The van der Waals surface area contributed by atoms with Crippen molar-refractivity contribution in [2.24, 2.45) is 0 Å². The summed E-state index contributed by atoms with van der Waals surface area (Å²) >= 11 is 3.36. The molecule has 1 aromatic heterocycles. The fourth-order valence-corrected chi connectivity index (χ4v) is 3.92. The lowest BCUT2D eigenvalue weighted by atomic mass is 10.2. The number of aliphatic hydroxyl groups is 2. The van der Waals surface area contributed by atoms with Crippen LogP contribution in [-0.4, -0.2) is 149 Å². The van der Waals surface area contributed by atoms with Crippen molar-refractivity contribution in [1.82, 2.24) is 19.8 Å². The zero-order valence-corrected chi connectivity index (χ0v) is 24.4. The van der Waals surface area contributed by atoms with Gasteiger partial charge in [-0.3, -0.25) is 9.59 Å². The van der Waals surface area contributed by atoms with Crippen molar-refractivity contribution < 1.29 is 38.7 Å². The lowest BCUT2D eigenvalue weighted by Gasteiger charge is -2.29. The van der Waals surface area contributed by atoms with E-state index in [4.69, 9.17) is 18.9 Å². The Bertz CT molecular complexity index is 811. The van der Waals surface area contributed by atoms with Gasteiger partial charge in [0.2, 0.25) is 0 Å². The summed E-state index contributed by atoms with van der Waals surface area (Å²) in [6, 6.07) is 0. The van der Waals surface area contributed by atoms with Gasteiger partial charge in [-0.05, 0) is 28.8 Å². The Kier molecular flexibility index (Phi) is 18.0. The number of methoxy groups -OCH3 is 4. The van der Waals surface area contributed by atoms with Crippen LogP contribution < -0.4 is 4.90 Å². The van der Waals surface area contributed by atoms with Gasteiger partial charge in [-0.1, -0.05) is 0 Å². The molecule has 0 aliphatic rings. The molecule has 0 spiro atoms. The lowest BCUT2D eigenvalue weighted by molar-refractivity contribution is 0.0619. The number of ether oxygens (including phenoxy) is 4. The van der Waals surface area contributed by atoms with E-state index in [2.05, 4.69) is 25.9 Å². The molecule has 2 amide bonds. The van der Waals surface area contributed by atoms with Gasteiger partial charge in [0.15, 0.2) is 17.2 Å². The molecule has 0 aliphatic carbocycles. The molecule has 38 heavy (non-hydrogen) atoms. The Hall–Kier alpha value is -1.94. The van der Waals surface area contributed by atoms with E-state index < -0.39 is 11.8 Å². The second kappa shape index (κ2) is 20.0. The summed E-state index contributed by atoms with van der Waals surface area (Å²) in [4.78, 5) is 41.3. The van der Waals surface area contributed by atoms with Crippen LogP contribution in [0.4, 0.5) is 5.82 Å². The van der Waals surface area contributed by atoms with Crippen molar-refractivity contribution in [3.8, 4) is 0 Å². The highest BCUT2D eigenvalue weighted by Gasteiger charge is 2.29. The molecule has 1 aromatic rings. The standard InChI is InChI=1S/C24H42BrN5O8/c1-35-15-9-28(10-16-36-2)22-20(24(34)30(11-17-37-3)12-18-38-4)26-21(25)19(27-22)23(33)29(7-5-13-31)8-6-14-32/h31-32H,5-18H2,1-4H3. The number of hydrogen-bond donors (Lipinski definition) is 2. The highest BCUT2D eigenvalue weighted by Crippen LogP contribution is 2.25. The number of carbonyl (C=O) groups excluding carboxylic acids is 2. The Balaban J connectivity index is 3.63. The van der Waals surface area contributed by atoms with Crippen LogP contribution in [-0.2, 0) is 18.9 Å². The molecule has 0 fully saturated rings. The van der Waals surface area contributed by atoms with Crippen LogP contribution in [0.15, 0.2) is 4.60 Å². The van der Waals surface area contributed by atoms with Gasteiger partial charge in [-0.2, -0.15) is 0 Å². The Morgan fingerprint density at radius 1 is 0.684 bits per heavy atom. The van der Waals surface area contributed by atoms with Crippen LogP contribution in [0.5, 0.6) is 0 Å². The van der Waals surface area contributed by atoms with Gasteiger partial charge in [0, 0.05) is 80.9 Å². The van der Waals surface area contributed by atoms with E-state index >= 15 is 0 Å². The predicted molar refractivity (Wildman–Crippen MR) is 145 cm³/mol. The van der Waals surface area contributed by atoms with Gasteiger partial charge in [0.25, 0.3) is 11.8 Å². The number of nitrogens with zero attached hydrogens (tertiary/aromatic N) is 5. The fourth-order valence-electron chi connectivity index (χ4n) is 3.49. The van der Waals surface area contributed by atoms with Crippen molar-refractivity contribution in [1.29, 1.82) is 0 Å². The topological polar surface area (TPSA) is 147 Å². The largest absolute Gasteiger partial charge is 0.396 e. The summed E-state index contributed by atoms with van der Waals surface area (Å²) in [7, 11) is 6.25. The van der Waals surface area contributed by atoms with Crippen LogP contribution in [0.25, 0.3) is 0 Å². The molecule has 0 atom stereocenters. The SMILES string of the molecule is COCCN(CCOC)C(=O)c1nc(Br)c(C(=O)N(CCCO)CCCO)nc1N(CCOC)CCOC. The van der Waals surface area contributed by atoms with E-state index in [1.54, 1.807) is 38.2 Å².